The van der Waals surface area contributed by atoms with Crippen LogP contribution in [0.3, 0.4) is 0 Å². The van der Waals surface area contributed by atoms with Crippen LogP contribution in [0.5, 0.6) is 0 Å². The third-order valence-corrected chi connectivity index (χ3v) is 7.43. The van der Waals surface area contributed by atoms with Gasteiger partial charge in [-0.3, -0.25) is 4.79 Å². The van der Waals surface area contributed by atoms with Crippen molar-refractivity contribution in [2.45, 2.75) is 47.0 Å². The van der Waals surface area contributed by atoms with E-state index in [1.54, 1.807) is 0 Å². The Balaban J connectivity index is 2.52. The van der Waals surface area contributed by atoms with Gasteiger partial charge >= 0.3 is 0 Å². The van der Waals surface area contributed by atoms with Crippen molar-refractivity contribution in [3.8, 4) is 0 Å². The summed E-state index contributed by atoms with van der Waals surface area (Å²) in [5, 5.41) is 0.686. The van der Waals surface area contributed by atoms with E-state index in [0.717, 1.165) is 36.0 Å². The Morgan fingerprint density at radius 3 is 2.08 bits per heavy atom. The van der Waals surface area contributed by atoms with Gasteiger partial charge in [-0.05, 0) is 38.3 Å². The van der Waals surface area contributed by atoms with Gasteiger partial charge in [0.25, 0.3) is 0 Å². The average Bonchev–Trinajstić information content (AvgIpc) is 2.54. The molecule has 2 rings (SSSR count). The molecular weight excluding hydrogens is 315 g/mol. The van der Waals surface area contributed by atoms with Crippen LogP contribution in [-0.2, 0) is 4.57 Å². The number of aryl methyl sites for hydroxylation is 3. The van der Waals surface area contributed by atoms with E-state index in [9.17, 15) is 9.36 Å². The lowest BCUT2D eigenvalue weighted by Crippen LogP contribution is -2.18. The first-order valence-corrected chi connectivity index (χ1v) is 10.6. The number of rotatable bonds is 7. The van der Waals surface area contributed by atoms with Crippen molar-refractivity contribution in [1.29, 1.82) is 0 Å². The smallest absolute Gasteiger partial charge is 0.226 e. The first-order valence-electron chi connectivity index (χ1n) is 8.67. The van der Waals surface area contributed by atoms with E-state index >= 15 is 0 Å². The number of unbranched alkanes of at least 4 members (excludes halogenated alkanes) is 2. The molecule has 0 aliphatic heterocycles. The largest absolute Gasteiger partial charge is 0.310 e. The van der Waals surface area contributed by atoms with Crippen LogP contribution in [0.25, 0.3) is 0 Å². The van der Waals surface area contributed by atoms with Gasteiger partial charge < -0.3 is 4.57 Å². The minimum Gasteiger partial charge on any atom is -0.310 e. The van der Waals surface area contributed by atoms with E-state index in [-0.39, 0.29) is 5.52 Å². The van der Waals surface area contributed by atoms with Crippen LogP contribution in [0.4, 0.5) is 0 Å². The first kappa shape index (κ1) is 18.7. The van der Waals surface area contributed by atoms with Gasteiger partial charge in [0.05, 0.1) is 0 Å². The lowest BCUT2D eigenvalue weighted by molar-refractivity contribution is 0.107. The molecule has 2 aromatic rings. The second-order valence-electron chi connectivity index (χ2n) is 6.58. The second kappa shape index (κ2) is 7.94. The van der Waals surface area contributed by atoms with E-state index in [0.29, 0.717) is 17.0 Å². The monoisotopic (exact) mass is 342 g/mol. The highest BCUT2D eigenvalue weighted by Gasteiger charge is 2.35. The van der Waals surface area contributed by atoms with Gasteiger partial charge in [-0.15, -0.1) is 0 Å². The molecule has 1 atom stereocenters. The fourth-order valence-corrected chi connectivity index (χ4v) is 6.03. The number of benzene rings is 2. The summed E-state index contributed by atoms with van der Waals surface area (Å²) in [5.74, 6) is 0. The third kappa shape index (κ3) is 3.87. The number of hydrogen-bond acceptors (Lipinski definition) is 2. The third-order valence-electron chi connectivity index (χ3n) is 4.47. The maximum atomic E-state index is 13.8. The molecule has 2 nitrogen and oxygen atoms in total. The molecule has 0 aromatic heterocycles. The molecule has 0 radical (unpaired) electrons. The first-order chi connectivity index (χ1) is 11.4. The van der Waals surface area contributed by atoms with Crippen LogP contribution >= 0.6 is 7.14 Å². The SMILES string of the molecule is CCCCCP(=O)(C(=O)c1c(C)cc(C)cc1C)c1ccccc1. The Hall–Kier alpha value is -1.66. The summed E-state index contributed by atoms with van der Waals surface area (Å²) in [4.78, 5) is 13.4. The lowest BCUT2D eigenvalue weighted by atomic mass is 10.0. The molecule has 0 bridgehead atoms. The summed E-state index contributed by atoms with van der Waals surface area (Å²) >= 11 is 0. The highest BCUT2D eigenvalue weighted by molar-refractivity contribution is 7.87. The molecule has 0 saturated carbocycles. The predicted molar refractivity (Wildman–Crippen MR) is 103 cm³/mol. The zero-order valence-electron chi connectivity index (χ0n) is 15.1. The van der Waals surface area contributed by atoms with Crippen molar-refractivity contribution >= 4 is 18.0 Å². The van der Waals surface area contributed by atoms with Crippen molar-refractivity contribution in [2.75, 3.05) is 6.16 Å². The molecule has 1 unspecified atom stereocenters. The Morgan fingerprint density at radius 1 is 0.958 bits per heavy atom. The normalized spacial score (nSPS) is 13.5. The summed E-state index contributed by atoms with van der Waals surface area (Å²) in [6, 6.07) is 13.3. The van der Waals surface area contributed by atoms with Gasteiger partial charge in [-0.1, -0.05) is 67.8 Å². The molecule has 0 fully saturated rings. The molecule has 0 amide bonds. The molecule has 24 heavy (non-hydrogen) atoms. The number of carbonyl (C=O) groups is 1. The van der Waals surface area contributed by atoms with Crippen molar-refractivity contribution in [2.24, 2.45) is 0 Å². The van der Waals surface area contributed by atoms with Gasteiger partial charge in [0.1, 0.15) is 0 Å². The predicted octanol–water partition coefficient (Wildman–Crippen LogP) is 5.63. The van der Waals surface area contributed by atoms with Crippen LogP contribution < -0.4 is 5.30 Å². The summed E-state index contributed by atoms with van der Waals surface area (Å²) in [6.45, 7) is 8.01. The topological polar surface area (TPSA) is 34.1 Å². The maximum absolute atomic E-state index is 13.8. The highest BCUT2D eigenvalue weighted by Crippen LogP contribution is 2.49. The second-order valence-corrected chi connectivity index (χ2v) is 9.43. The molecular formula is C21H27O2P. The van der Waals surface area contributed by atoms with Gasteiger partial charge in [0, 0.05) is 17.0 Å². The van der Waals surface area contributed by atoms with Crippen LogP contribution in [0, 0.1) is 20.8 Å². The molecule has 0 saturated heterocycles. The molecule has 0 aliphatic carbocycles. The molecule has 128 valence electrons. The van der Waals surface area contributed by atoms with Gasteiger partial charge in [-0.2, -0.15) is 0 Å². The molecule has 2 aromatic carbocycles. The molecule has 3 heteroatoms. The number of hydrogen-bond donors (Lipinski definition) is 0. The van der Waals surface area contributed by atoms with E-state index in [4.69, 9.17) is 0 Å². The maximum Gasteiger partial charge on any atom is 0.226 e. The molecule has 0 spiro atoms. The summed E-state index contributed by atoms with van der Waals surface area (Å²) in [7, 11) is -3.12. The number of carbonyl (C=O) groups excluding carboxylic acids is 1. The van der Waals surface area contributed by atoms with Crippen molar-refractivity contribution < 1.29 is 9.36 Å². The zero-order valence-corrected chi connectivity index (χ0v) is 16.0. The Labute approximate surface area is 145 Å². The van der Waals surface area contributed by atoms with Gasteiger partial charge in [0.2, 0.25) is 5.52 Å². The van der Waals surface area contributed by atoms with Crippen LogP contribution in [0.1, 0.15) is 53.2 Å². The van der Waals surface area contributed by atoms with E-state index in [1.807, 2.05) is 63.2 Å². The van der Waals surface area contributed by atoms with Crippen molar-refractivity contribution in [3.63, 3.8) is 0 Å². The zero-order chi connectivity index (χ0) is 17.7. The molecule has 0 heterocycles. The molecule has 0 N–H and O–H groups in total. The Bertz CT molecular complexity index is 740. The minimum atomic E-state index is -3.12. The Kier molecular flexibility index (Phi) is 6.18. The van der Waals surface area contributed by atoms with Crippen LogP contribution in [-0.4, -0.2) is 11.7 Å². The minimum absolute atomic E-state index is 0.181. The lowest BCUT2D eigenvalue weighted by Gasteiger charge is -2.20. The quantitative estimate of drug-likeness (QED) is 0.482. The summed E-state index contributed by atoms with van der Waals surface area (Å²) < 4.78 is 13.8. The van der Waals surface area contributed by atoms with Gasteiger partial charge in [0.15, 0.2) is 7.14 Å². The standard InChI is InChI=1S/C21H27O2P/c1-5-6-10-13-24(23,19-11-8-7-9-12-19)21(22)20-17(3)14-16(2)15-18(20)4/h7-9,11-12,14-15H,5-6,10,13H2,1-4H3. The van der Waals surface area contributed by atoms with Gasteiger partial charge in [-0.25, -0.2) is 0 Å². The summed E-state index contributed by atoms with van der Waals surface area (Å²) in [5.41, 5.74) is 3.43. The van der Waals surface area contributed by atoms with E-state index < -0.39 is 7.14 Å². The van der Waals surface area contributed by atoms with E-state index in [2.05, 4.69) is 6.92 Å². The van der Waals surface area contributed by atoms with Crippen molar-refractivity contribution in [3.05, 3.63) is 64.7 Å². The molecule has 0 aliphatic rings. The fraction of sp³-hybridized carbons (Fsp3) is 0.381. The fourth-order valence-electron chi connectivity index (χ4n) is 3.30. The summed E-state index contributed by atoms with van der Waals surface area (Å²) in [6.07, 6.45) is 3.32. The Morgan fingerprint density at radius 2 is 1.54 bits per heavy atom. The van der Waals surface area contributed by atoms with E-state index in [1.165, 1.54) is 0 Å². The van der Waals surface area contributed by atoms with Crippen LogP contribution in [0.2, 0.25) is 0 Å². The highest BCUT2D eigenvalue weighted by atomic mass is 31.2. The van der Waals surface area contributed by atoms with Crippen molar-refractivity contribution in [1.82, 2.24) is 0 Å². The van der Waals surface area contributed by atoms with Crippen LogP contribution in [0.15, 0.2) is 42.5 Å². The average molecular weight is 342 g/mol.